The SMILES string of the molecule is CC1(C)c2ccccc2-c2cccc(Nc3cccc(-n4c5ccccc5c5ccccc54)c3)c21. The molecule has 1 aliphatic rings. The molecule has 0 bridgehead atoms. The van der Waals surface area contributed by atoms with Crippen LogP contribution in [0.2, 0.25) is 0 Å². The molecule has 1 heterocycles. The largest absolute Gasteiger partial charge is 0.355 e. The van der Waals surface area contributed by atoms with E-state index in [2.05, 4.69) is 139 Å². The Balaban J connectivity index is 1.36. The van der Waals surface area contributed by atoms with Crippen molar-refractivity contribution < 1.29 is 0 Å². The Labute approximate surface area is 205 Å². The smallest absolute Gasteiger partial charge is 0.0541 e. The summed E-state index contributed by atoms with van der Waals surface area (Å²) in [5, 5.41) is 6.34. The maximum atomic E-state index is 3.78. The zero-order chi connectivity index (χ0) is 23.6. The van der Waals surface area contributed by atoms with Gasteiger partial charge in [0.2, 0.25) is 0 Å². The molecule has 5 aromatic carbocycles. The molecule has 35 heavy (non-hydrogen) atoms. The molecule has 0 saturated heterocycles. The van der Waals surface area contributed by atoms with Crippen molar-refractivity contribution in [2.75, 3.05) is 5.32 Å². The van der Waals surface area contributed by atoms with Gasteiger partial charge in [0.25, 0.3) is 0 Å². The van der Waals surface area contributed by atoms with Crippen molar-refractivity contribution in [3.63, 3.8) is 0 Å². The summed E-state index contributed by atoms with van der Waals surface area (Å²) in [6.07, 6.45) is 0. The summed E-state index contributed by atoms with van der Waals surface area (Å²) in [6.45, 7) is 4.66. The third kappa shape index (κ3) is 2.90. The predicted octanol–water partition coefficient (Wildman–Crippen LogP) is 8.83. The van der Waals surface area contributed by atoms with Crippen molar-refractivity contribution >= 4 is 33.2 Å². The first-order valence-electron chi connectivity index (χ1n) is 12.2. The Hall–Kier alpha value is -4.30. The number of nitrogens with one attached hydrogen (secondary N) is 1. The topological polar surface area (TPSA) is 17.0 Å². The standard InChI is InChI=1S/C33H26N2/c1-33(2)28-17-6-3-13-24(28)27-16-10-18-29(32(27)33)34-22-11-9-12-23(21-22)35-30-19-7-4-14-25(30)26-15-5-8-20-31(26)35/h3-21,34H,1-2H3. The zero-order valence-corrected chi connectivity index (χ0v) is 19.9. The van der Waals surface area contributed by atoms with E-state index >= 15 is 0 Å². The fourth-order valence-corrected chi connectivity index (χ4v) is 6.03. The lowest BCUT2D eigenvalue weighted by molar-refractivity contribution is 0.662. The summed E-state index contributed by atoms with van der Waals surface area (Å²) in [5.74, 6) is 0. The quantitative estimate of drug-likeness (QED) is 0.285. The van der Waals surface area contributed by atoms with Crippen LogP contribution in [-0.2, 0) is 5.41 Å². The fourth-order valence-electron chi connectivity index (χ4n) is 6.03. The number of para-hydroxylation sites is 2. The molecule has 0 saturated carbocycles. The lowest BCUT2D eigenvalue weighted by Gasteiger charge is -2.25. The molecule has 0 unspecified atom stereocenters. The first kappa shape index (κ1) is 20.1. The second-order valence-electron chi connectivity index (χ2n) is 9.94. The Morgan fingerprint density at radius 2 is 1.23 bits per heavy atom. The number of anilines is 2. The summed E-state index contributed by atoms with van der Waals surface area (Å²) in [6, 6.07) is 41.5. The summed E-state index contributed by atoms with van der Waals surface area (Å²) >= 11 is 0. The van der Waals surface area contributed by atoms with Gasteiger partial charge in [-0.05, 0) is 58.7 Å². The molecule has 1 aliphatic carbocycles. The van der Waals surface area contributed by atoms with Crippen molar-refractivity contribution in [2.24, 2.45) is 0 Å². The van der Waals surface area contributed by atoms with Crippen molar-refractivity contribution in [3.8, 4) is 16.8 Å². The minimum atomic E-state index is -0.0556. The van der Waals surface area contributed by atoms with Crippen LogP contribution in [0.1, 0.15) is 25.0 Å². The number of benzene rings is 5. The van der Waals surface area contributed by atoms with Crippen LogP contribution in [0.3, 0.4) is 0 Å². The van der Waals surface area contributed by atoms with Gasteiger partial charge in [0.15, 0.2) is 0 Å². The molecule has 1 aromatic heterocycles. The number of rotatable bonds is 3. The first-order chi connectivity index (χ1) is 17.1. The molecule has 0 fully saturated rings. The maximum absolute atomic E-state index is 3.78. The van der Waals surface area contributed by atoms with E-state index in [1.165, 1.54) is 49.7 Å². The molecule has 0 atom stereocenters. The van der Waals surface area contributed by atoms with Crippen LogP contribution in [0.4, 0.5) is 11.4 Å². The molecule has 0 spiro atoms. The Kier molecular flexibility index (Phi) is 4.22. The van der Waals surface area contributed by atoms with E-state index in [4.69, 9.17) is 0 Å². The molecule has 0 amide bonds. The highest BCUT2D eigenvalue weighted by molar-refractivity contribution is 6.09. The molecule has 2 nitrogen and oxygen atoms in total. The van der Waals surface area contributed by atoms with Crippen LogP contribution >= 0.6 is 0 Å². The van der Waals surface area contributed by atoms with Gasteiger partial charge in [0.1, 0.15) is 0 Å². The van der Waals surface area contributed by atoms with Crippen molar-refractivity contribution in [1.29, 1.82) is 0 Å². The van der Waals surface area contributed by atoms with Crippen LogP contribution in [0.5, 0.6) is 0 Å². The fraction of sp³-hybridized carbons (Fsp3) is 0.0909. The average molecular weight is 451 g/mol. The second-order valence-corrected chi connectivity index (χ2v) is 9.94. The summed E-state index contributed by atoms with van der Waals surface area (Å²) in [5.41, 5.74) is 11.2. The van der Waals surface area contributed by atoms with Gasteiger partial charge in [-0.25, -0.2) is 0 Å². The normalized spacial score (nSPS) is 13.7. The molecule has 0 aliphatic heterocycles. The highest BCUT2D eigenvalue weighted by Gasteiger charge is 2.37. The maximum Gasteiger partial charge on any atom is 0.0541 e. The van der Waals surface area contributed by atoms with E-state index in [-0.39, 0.29) is 5.41 Å². The van der Waals surface area contributed by atoms with Crippen LogP contribution in [0.15, 0.2) is 115 Å². The molecule has 168 valence electrons. The predicted molar refractivity (Wildman–Crippen MR) is 148 cm³/mol. The minimum Gasteiger partial charge on any atom is -0.355 e. The van der Waals surface area contributed by atoms with Gasteiger partial charge >= 0.3 is 0 Å². The van der Waals surface area contributed by atoms with Crippen LogP contribution in [0, 0.1) is 0 Å². The van der Waals surface area contributed by atoms with Crippen molar-refractivity contribution in [3.05, 3.63) is 126 Å². The Bertz CT molecular complexity index is 1700. The summed E-state index contributed by atoms with van der Waals surface area (Å²) < 4.78 is 2.37. The van der Waals surface area contributed by atoms with Crippen molar-refractivity contribution in [2.45, 2.75) is 19.3 Å². The van der Waals surface area contributed by atoms with E-state index < -0.39 is 0 Å². The van der Waals surface area contributed by atoms with E-state index in [1.807, 2.05) is 0 Å². The van der Waals surface area contributed by atoms with Gasteiger partial charge in [-0.1, -0.05) is 92.7 Å². The van der Waals surface area contributed by atoms with Crippen molar-refractivity contribution in [1.82, 2.24) is 4.57 Å². The second kappa shape index (κ2) is 7.35. The Morgan fingerprint density at radius 3 is 2.00 bits per heavy atom. The van der Waals surface area contributed by atoms with Gasteiger partial charge in [-0.3, -0.25) is 0 Å². The number of fused-ring (bicyclic) bond motifs is 6. The third-order valence-corrected chi connectivity index (χ3v) is 7.54. The average Bonchev–Trinajstić information content (AvgIpc) is 3.35. The van der Waals surface area contributed by atoms with Crippen LogP contribution in [0.25, 0.3) is 38.6 Å². The van der Waals surface area contributed by atoms with E-state index in [1.54, 1.807) is 0 Å². The molecule has 1 N–H and O–H groups in total. The lowest BCUT2D eigenvalue weighted by atomic mass is 9.81. The Morgan fingerprint density at radius 1 is 0.600 bits per heavy atom. The third-order valence-electron chi connectivity index (χ3n) is 7.54. The lowest BCUT2D eigenvalue weighted by Crippen LogP contribution is -2.16. The highest BCUT2D eigenvalue weighted by Crippen LogP contribution is 2.51. The first-order valence-corrected chi connectivity index (χ1v) is 12.2. The molecular formula is C33H26N2. The minimum absolute atomic E-state index is 0.0556. The molecule has 0 radical (unpaired) electrons. The van der Waals surface area contributed by atoms with E-state index in [0.717, 1.165) is 11.4 Å². The highest BCUT2D eigenvalue weighted by atomic mass is 15.0. The number of hydrogen-bond donors (Lipinski definition) is 1. The molecular weight excluding hydrogens is 424 g/mol. The van der Waals surface area contributed by atoms with Gasteiger partial charge in [0, 0.05) is 33.2 Å². The van der Waals surface area contributed by atoms with Gasteiger partial charge < -0.3 is 9.88 Å². The summed E-state index contributed by atoms with van der Waals surface area (Å²) in [7, 11) is 0. The molecule has 6 aromatic rings. The zero-order valence-electron chi connectivity index (χ0n) is 19.9. The number of aromatic nitrogens is 1. The van der Waals surface area contributed by atoms with E-state index in [0.29, 0.717) is 0 Å². The van der Waals surface area contributed by atoms with E-state index in [9.17, 15) is 0 Å². The summed E-state index contributed by atoms with van der Waals surface area (Å²) in [4.78, 5) is 0. The molecule has 2 heteroatoms. The van der Waals surface area contributed by atoms with Crippen LogP contribution in [-0.4, -0.2) is 4.57 Å². The van der Waals surface area contributed by atoms with Crippen LogP contribution < -0.4 is 5.32 Å². The monoisotopic (exact) mass is 450 g/mol. The van der Waals surface area contributed by atoms with Gasteiger partial charge in [0.05, 0.1) is 11.0 Å². The number of nitrogens with zero attached hydrogens (tertiary/aromatic N) is 1. The van der Waals surface area contributed by atoms with Gasteiger partial charge in [-0.2, -0.15) is 0 Å². The van der Waals surface area contributed by atoms with Gasteiger partial charge in [-0.15, -0.1) is 0 Å². The molecule has 7 rings (SSSR count). The number of hydrogen-bond acceptors (Lipinski definition) is 1.